The quantitative estimate of drug-likeness (QED) is 0.714. The standard InChI is InChI=1S/C22H27N3O3/c1-15-5-7-16(8-6-15)22(28)25-19-10-9-17(14-20(19)26)21(27)24-13-11-18-4-2-3-12-23-18/h2-8,12,17,19-20,26H,9-11,13-14H2,1H3,(H,24,27)(H,25,28)/t17-,19-,20-/m0/s1. The van der Waals surface area contributed by atoms with Crippen LogP contribution in [0.3, 0.4) is 0 Å². The molecular formula is C22H27N3O3. The summed E-state index contributed by atoms with van der Waals surface area (Å²) in [6.07, 6.45) is 3.27. The first kappa shape index (κ1) is 20.0. The Kier molecular flexibility index (Phi) is 6.76. The Labute approximate surface area is 165 Å². The number of hydrogen-bond acceptors (Lipinski definition) is 4. The fourth-order valence-electron chi connectivity index (χ4n) is 3.51. The third kappa shape index (κ3) is 5.39. The maximum atomic E-state index is 12.4. The van der Waals surface area contributed by atoms with E-state index in [1.807, 2.05) is 37.3 Å². The normalized spacial score (nSPS) is 21.7. The van der Waals surface area contributed by atoms with Gasteiger partial charge in [0, 0.05) is 36.3 Å². The Morgan fingerprint density at radius 3 is 2.61 bits per heavy atom. The minimum absolute atomic E-state index is 0.0432. The summed E-state index contributed by atoms with van der Waals surface area (Å²) in [4.78, 5) is 29.0. The second-order valence-electron chi connectivity index (χ2n) is 7.39. The zero-order valence-corrected chi connectivity index (χ0v) is 16.1. The van der Waals surface area contributed by atoms with Crippen LogP contribution in [-0.2, 0) is 11.2 Å². The fourth-order valence-corrected chi connectivity index (χ4v) is 3.51. The lowest BCUT2D eigenvalue weighted by Crippen LogP contribution is -2.49. The van der Waals surface area contributed by atoms with Crippen molar-refractivity contribution in [3.8, 4) is 0 Å². The zero-order chi connectivity index (χ0) is 19.9. The summed E-state index contributed by atoms with van der Waals surface area (Å²) in [6, 6.07) is 12.7. The molecule has 28 heavy (non-hydrogen) atoms. The first-order valence-electron chi connectivity index (χ1n) is 9.76. The largest absolute Gasteiger partial charge is 0.391 e. The van der Waals surface area contributed by atoms with Crippen molar-refractivity contribution in [3.05, 3.63) is 65.5 Å². The Morgan fingerprint density at radius 1 is 1.14 bits per heavy atom. The Hall–Kier alpha value is -2.73. The molecule has 6 nitrogen and oxygen atoms in total. The molecule has 0 bridgehead atoms. The van der Waals surface area contributed by atoms with Gasteiger partial charge < -0.3 is 15.7 Å². The van der Waals surface area contributed by atoms with E-state index in [1.54, 1.807) is 18.3 Å². The smallest absolute Gasteiger partial charge is 0.251 e. The van der Waals surface area contributed by atoms with E-state index in [2.05, 4.69) is 15.6 Å². The van der Waals surface area contributed by atoms with Crippen LogP contribution in [0.4, 0.5) is 0 Å². The molecule has 1 aromatic heterocycles. The summed E-state index contributed by atoms with van der Waals surface area (Å²) >= 11 is 0. The lowest BCUT2D eigenvalue weighted by molar-refractivity contribution is -0.127. The number of aromatic nitrogens is 1. The molecule has 1 aliphatic rings. The van der Waals surface area contributed by atoms with Gasteiger partial charge in [0.2, 0.25) is 5.91 Å². The predicted molar refractivity (Wildman–Crippen MR) is 107 cm³/mol. The van der Waals surface area contributed by atoms with Gasteiger partial charge >= 0.3 is 0 Å². The summed E-state index contributed by atoms with van der Waals surface area (Å²) < 4.78 is 0. The van der Waals surface area contributed by atoms with E-state index < -0.39 is 6.10 Å². The van der Waals surface area contributed by atoms with Crippen LogP contribution in [-0.4, -0.2) is 40.6 Å². The molecule has 0 saturated heterocycles. The average Bonchev–Trinajstić information content (AvgIpc) is 2.70. The van der Waals surface area contributed by atoms with Crippen molar-refractivity contribution in [2.24, 2.45) is 5.92 Å². The highest BCUT2D eigenvalue weighted by atomic mass is 16.3. The molecule has 1 aliphatic carbocycles. The number of aryl methyl sites for hydroxylation is 1. The van der Waals surface area contributed by atoms with E-state index in [0.717, 1.165) is 11.3 Å². The first-order valence-corrected chi connectivity index (χ1v) is 9.76. The SMILES string of the molecule is Cc1ccc(C(=O)N[C@H]2CC[C@H](C(=O)NCCc3ccccn3)C[C@@H]2O)cc1. The van der Waals surface area contributed by atoms with Crippen molar-refractivity contribution in [1.82, 2.24) is 15.6 Å². The van der Waals surface area contributed by atoms with Crippen molar-refractivity contribution in [2.75, 3.05) is 6.54 Å². The molecule has 3 N–H and O–H groups in total. The van der Waals surface area contributed by atoms with Crippen LogP contribution in [0.5, 0.6) is 0 Å². The van der Waals surface area contributed by atoms with Gasteiger partial charge in [0.15, 0.2) is 0 Å². The Bertz CT molecular complexity index is 792. The number of nitrogens with zero attached hydrogens (tertiary/aromatic N) is 1. The summed E-state index contributed by atoms with van der Waals surface area (Å²) in [7, 11) is 0. The van der Waals surface area contributed by atoms with Crippen molar-refractivity contribution in [2.45, 2.75) is 44.8 Å². The molecule has 0 aliphatic heterocycles. The van der Waals surface area contributed by atoms with Gasteiger partial charge in [-0.05, 0) is 50.5 Å². The minimum atomic E-state index is -0.727. The van der Waals surface area contributed by atoms with Crippen LogP contribution in [0.15, 0.2) is 48.7 Å². The van der Waals surface area contributed by atoms with E-state index >= 15 is 0 Å². The third-order valence-corrected chi connectivity index (χ3v) is 5.22. The summed E-state index contributed by atoms with van der Waals surface area (Å²) in [6.45, 7) is 2.49. The van der Waals surface area contributed by atoms with Crippen LogP contribution >= 0.6 is 0 Å². The number of aliphatic hydroxyl groups is 1. The summed E-state index contributed by atoms with van der Waals surface area (Å²) in [5.74, 6) is -0.466. The molecule has 0 unspecified atom stereocenters. The van der Waals surface area contributed by atoms with E-state index in [9.17, 15) is 14.7 Å². The summed E-state index contributed by atoms with van der Waals surface area (Å²) in [5, 5.41) is 16.3. The van der Waals surface area contributed by atoms with E-state index in [0.29, 0.717) is 37.8 Å². The number of pyridine rings is 1. The first-order chi connectivity index (χ1) is 13.5. The Balaban J connectivity index is 1.44. The number of carbonyl (C=O) groups excluding carboxylic acids is 2. The van der Waals surface area contributed by atoms with Crippen molar-refractivity contribution in [1.29, 1.82) is 0 Å². The van der Waals surface area contributed by atoms with Crippen LogP contribution in [0.25, 0.3) is 0 Å². The number of carbonyl (C=O) groups is 2. The highest BCUT2D eigenvalue weighted by molar-refractivity contribution is 5.94. The maximum absolute atomic E-state index is 12.4. The molecule has 1 saturated carbocycles. The van der Waals surface area contributed by atoms with Gasteiger partial charge in [-0.25, -0.2) is 0 Å². The van der Waals surface area contributed by atoms with Crippen molar-refractivity contribution < 1.29 is 14.7 Å². The van der Waals surface area contributed by atoms with Gasteiger partial charge in [0.05, 0.1) is 12.1 Å². The lowest BCUT2D eigenvalue weighted by Gasteiger charge is -2.33. The van der Waals surface area contributed by atoms with Gasteiger partial charge in [-0.2, -0.15) is 0 Å². The molecule has 1 fully saturated rings. The lowest BCUT2D eigenvalue weighted by atomic mass is 9.83. The fraction of sp³-hybridized carbons (Fsp3) is 0.409. The summed E-state index contributed by atoms with van der Waals surface area (Å²) in [5.41, 5.74) is 2.60. The van der Waals surface area contributed by atoms with E-state index in [4.69, 9.17) is 0 Å². The highest BCUT2D eigenvalue weighted by Gasteiger charge is 2.33. The van der Waals surface area contributed by atoms with E-state index in [1.165, 1.54) is 0 Å². The van der Waals surface area contributed by atoms with E-state index in [-0.39, 0.29) is 23.8 Å². The molecule has 2 amide bonds. The van der Waals surface area contributed by atoms with Crippen molar-refractivity contribution >= 4 is 11.8 Å². The average molecular weight is 381 g/mol. The van der Waals surface area contributed by atoms with Gasteiger partial charge in [0.1, 0.15) is 0 Å². The van der Waals surface area contributed by atoms with Crippen molar-refractivity contribution in [3.63, 3.8) is 0 Å². The monoisotopic (exact) mass is 381 g/mol. The second kappa shape index (κ2) is 9.46. The number of benzene rings is 1. The maximum Gasteiger partial charge on any atom is 0.251 e. The number of aliphatic hydroxyl groups excluding tert-OH is 1. The van der Waals surface area contributed by atoms with Crippen LogP contribution < -0.4 is 10.6 Å². The van der Waals surface area contributed by atoms with Gasteiger partial charge in [-0.3, -0.25) is 14.6 Å². The van der Waals surface area contributed by atoms with Crippen LogP contribution in [0, 0.1) is 12.8 Å². The third-order valence-electron chi connectivity index (χ3n) is 5.22. The number of nitrogens with one attached hydrogen (secondary N) is 2. The predicted octanol–water partition coefficient (Wildman–Crippen LogP) is 2.01. The molecule has 2 aromatic rings. The molecule has 3 atom stereocenters. The molecular weight excluding hydrogens is 354 g/mol. The molecule has 1 heterocycles. The Morgan fingerprint density at radius 2 is 1.93 bits per heavy atom. The second-order valence-corrected chi connectivity index (χ2v) is 7.39. The topological polar surface area (TPSA) is 91.3 Å². The molecule has 6 heteroatoms. The zero-order valence-electron chi connectivity index (χ0n) is 16.1. The van der Waals surface area contributed by atoms with Gasteiger partial charge in [-0.1, -0.05) is 23.8 Å². The number of rotatable bonds is 6. The molecule has 0 spiro atoms. The molecule has 1 aromatic carbocycles. The van der Waals surface area contributed by atoms with Gasteiger partial charge in [-0.15, -0.1) is 0 Å². The van der Waals surface area contributed by atoms with Gasteiger partial charge in [0.25, 0.3) is 5.91 Å². The molecule has 148 valence electrons. The highest BCUT2D eigenvalue weighted by Crippen LogP contribution is 2.25. The molecule has 0 radical (unpaired) electrons. The number of amides is 2. The van der Waals surface area contributed by atoms with Crippen LogP contribution in [0.2, 0.25) is 0 Å². The molecule has 3 rings (SSSR count). The van der Waals surface area contributed by atoms with Crippen LogP contribution in [0.1, 0.15) is 40.9 Å². The minimum Gasteiger partial charge on any atom is -0.391 e. The number of hydrogen-bond donors (Lipinski definition) is 3.